The predicted octanol–water partition coefficient (Wildman–Crippen LogP) is 2.70. The Kier molecular flexibility index (Phi) is 3.16. The minimum Gasteiger partial charge on any atom is -0.489 e. The number of amides is 2. The summed E-state index contributed by atoms with van der Waals surface area (Å²) >= 11 is 0. The van der Waals surface area contributed by atoms with Gasteiger partial charge < -0.3 is 15.8 Å². The molecule has 1 heterocycles. The zero-order chi connectivity index (χ0) is 13.9. The Bertz CT molecular complexity index is 628. The second kappa shape index (κ2) is 5.13. The van der Waals surface area contributed by atoms with E-state index in [0.717, 1.165) is 11.4 Å². The molecule has 2 amide bonds. The first-order valence-electron chi connectivity index (χ1n) is 6.40. The number of nitrogens with two attached hydrogens (primary N) is 1. The first-order valence-corrected chi connectivity index (χ1v) is 6.40. The zero-order valence-electron chi connectivity index (χ0n) is 10.9. The summed E-state index contributed by atoms with van der Waals surface area (Å²) < 4.78 is 5.53. The average molecular weight is 269 g/mol. The number of ether oxygens (including phenoxy) is 1. The van der Waals surface area contributed by atoms with E-state index in [1.807, 2.05) is 30.3 Å². The molecule has 0 spiro atoms. The molecule has 0 saturated heterocycles. The highest BCUT2D eigenvalue weighted by atomic mass is 16.5. The third-order valence-electron chi connectivity index (χ3n) is 3.12. The lowest BCUT2D eigenvalue weighted by Crippen LogP contribution is -2.40. The number of fused-ring (bicyclic) bond motifs is 1. The van der Waals surface area contributed by atoms with Crippen molar-refractivity contribution in [3.05, 3.63) is 48.5 Å². The Morgan fingerprint density at radius 3 is 2.80 bits per heavy atom. The van der Waals surface area contributed by atoms with Crippen LogP contribution in [-0.4, -0.2) is 19.2 Å². The van der Waals surface area contributed by atoms with Crippen molar-refractivity contribution in [1.82, 2.24) is 0 Å². The molecule has 5 heteroatoms. The van der Waals surface area contributed by atoms with Gasteiger partial charge in [-0.1, -0.05) is 18.2 Å². The van der Waals surface area contributed by atoms with Gasteiger partial charge in [0, 0.05) is 17.4 Å². The van der Waals surface area contributed by atoms with Gasteiger partial charge in [-0.3, -0.25) is 4.90 Å². The number of benzene rings is 2. The molecule has 3 rings (SSSR count). The standard InChI is InChI=1S/C15H15N3O2/c16-11-6-7-13-14(10-11)20-9-8-18(13)15(19)17-12-4-2-1-3-5-12/h1-7,10H,8-9,16H2,(H,17,19). The molecule has 0 unspecified atom stereocenters. The molecule has 0 fully saturated rings. The highest BCUT2D eigenvalue weighted by Gasteiger charge is 2.23. The Hall–Kier alpha value is -2.69. The molecule has 102 valence electrons. The monoisotopic (exact) mass is 269 g/mol. The van der Waals surface area contributed by atoms with E-state index in [4.69, 9.17) is 10.5 Å². The molecule has 20 heavy (non-hydrogen) atoms. The summed E-state index contributed by atoms with van der Waals surface area (Å²) in [5, 5.41) is 2.87. The van der Waals surface area contributed by atoms with Crippen molar-refractivity contribution in [2.24, 2.45) is 0 Å². The number of hydrogen-bond donors (Lipinski definition) is 2. The third kappa shape index (κ3) is 2.38. The molecule has 0 aliphatic carbocycles. The molecule has 0 bridgehead atoms. The van der Waals surface area contributed by atoms with Gasteiger partial charge in [-0.05, 0) is 24.3 Å². The number of urea groups is 1. The summed E-state index contributed by atoms with van der Waals surface area (Å²) in [5.74, 6) is 0.638. The van der Waals surface area contributed by atoms with E-state index in [1.54, 1.807) is 23.1 Å². The maximum Gasteiger partial charge on any atom is 0.326 e. The molecule has 3 N–H and O–H groups in total. The van der Waals surface area contributed by atoms with Crippen LogP contribution in [-0.2, 0) is 0 Å². The quantitative estimate of drug-likeness (QED) is 0.782. The number of nitrogen functional groups attached to an aromatic ring is 1. The lowest BCUT2D eigenvalue weighted by Gasteiger charge is -2.29. The van der Waals surface area contributed by atoms with Crippen molar-refractivity contribution in [2.45, 2.75) is 0 Å². The minimum atomic E-state index is -0.175. The van der Waals surface area contributed by atoms with Crippen molar-refractivity contribution in [3.8, 4) is 5.75 Å². The van der Waals surface area contributed by atoms with E-state index in [2.05, 4.69) is 5.32 Å². The van der Waals surface area contributed by atoms with E-state index in [0.29, 0.717) is 24.6 Å². The van der Waals surface area contributed by atoms with Gasteiger partial charge in [0.15, 0.2) is 0 Å². The Labute approximate surface area is 117 Å². The molecular formula is C15H15N3O2. The number of carbonyl (C=O) groups is 1. The van der Waals surface area contributed by atoms with Crippen LogP contribution in [0.4, 0.5) is 21.9 Å². The molecule has 2 aromatic carbocycles. The molecule has 0 atom stereocenters. The SMILES string of the molecule is Nc1ccc2c(c1)OCCN2C(=O)Nc1ccccc1. The van der Waals surface area contributed by atoms with Gasteiger partial charge in [-0.15, -0.1) is 0 Å². The molecule has 1 aliphatic rings. The summed E-state index contributed by atoms with van der Waals surface area (Å²) in [6.07, 6.45) is 0. The van der Waals surface area contributed by atoms with E-state index < -0.39 is 0 Å². The van der Waals surface area contributed by atoms with Gasteiger partial charge in [0.2, 0.25) is 0 Å². The van der Waals surface area contributed by atoms with Crippen LogP contribution in [0.2, 0.25) is 0 Å². The molecule has 0 aromatic heterocycles. The van der Waals surface area contributed by atoms with Crippen LogP contribution in [0.5, 0.6) is 5.75 Å². The number of nitrogens with one attached hydrogen (secondary N) is 1. The molecule has 0 radical (unpaired) electrons. The molecular weight excluding hydrogens is 254 g/mol. The fourth-order valence-electron chi connectivity index (χ4n) is 2.16. The topological polar surface area (TPSA) is 67.6 Å². The summed E-state index contributed by atoms with van der Waals surface area (Å²) in [6, 6.07) is 14.5. The Morgan fingerprint density at radius 2 is 2.00 bits per heavy atom. The van der Waals surface area contributed by atoms with Gasteiger partial charge in [0.1, 0.15) is 12.4 Å². The van der Waals surface area contributed by atoms with Crippen LogP contribution in [0.15, 0.2) is 48.5 Å². The van der Waals surface area contributed by atoms with Crippen molar-refractivity contribution in [2.75, 3.05) is 29.1 Å². The molecule has 0 saturated carbocycles. The first-order chi connectivity index (χ1) is 9.74. The maximum absolute atomic E-state index is 12.3. The van der Waals surface area contributed by atoms with E-state index in [9.17, 15) is 4.79 Å². The Balaban J connectivity index is 1.83. The summed E-state index contributed by atoms with van der Waals surface area (Å²) in [7, 11) is 0. The van der Waals surface area contributed by atoms with Crippen molar-refractivity contribution in [3.63, 3.8) is 0 Å². The molecule has 5 nitrogen and oxygen atoms in total. The van der Waals surface area contributed by atoms with Crippen molar-refractivity contribution in [1.29, 1.82) is 0 Å². The number of hydrogen-bond acceptors (Lipinski definition) is 3. The molecule has 1 aliphatic heterocycles. The van der Waals surface area contributed by atoms with E-state index >= 15 is 0 Å². The number of nitrogens with zero attached hydrogens (tertiary/aromatic N) is 1. The number of carbonyl (C=O) groups excluding carboxylic acids is 1. The smallest absolute Gasteiger partial charge is 0.326 e. The first kappa shape index (κ1) is 12.3. The van der Waals surface area contributed by atoms with Crippen LogP contribution >= 0.6 is 0 Å². The average Bonchev–Trinajstić information content (AvgIpc) is 2.47. The predicted molar refractivity (Wildman–Crippen MR) is 79.2 cm³/mol. The Morgan fingerprint density at radius 1 is 1.20 bits per heavy atom. The largest absolute Gasteiger partial charge is 0.489 e. The maximum atomic E-state index is 12.3. The van der Waals surface area contributed by atoms with Crippen LogP contribution < -0.4 is 20.7 Å². The van der Waals surface area contributed by atoms with Crippen LogP contribution in [0, 0.1) is 0 Å². The minimum absolute atomic E-state index is 0.175. The van der Waals surface area contributed by atoms with Gasteiger partial charge in [0.25, 0.3) is 0 Å². The second-order valence-electron chi connectivity index (χ2n) is 4.52. The van der Waals surface area contributed by atoms with Crippen LogP contribution in [0.3, 0.4) is 0 Å². The highest BCUT2D eigenvalue weighted by Crippen LogP contribution is 2.33. The normalized spacial score (nSPS) is 13.3. The van der Waals surface area contributed by atoms with Crippen LogP contribution in [0.1, 0.15) is 0 Å². The van der Waals surface area contributed by atoms with E-state index in [1.165, 1.54) is 0 Å². The van der Waals surface area contributed by atoms with E-state index in [-0.39, 0.29) is 6.03 Å². The van der Waals surface area contributed by atoms with Crippen LogP contribution in [0.25, 0.3) is 0 Å². The summed E-state index contributed by atoms with van der Waals surface area (Å²) in [4.78, 5) is 14.0. The summed E-state index contributed by atoms with van der Waals surface area (Å²) in [6.45, 7) is 0.967. The fraction of sp³-hybridized carbons (Fsp3) is 0.133. The number of anilines is 3. The third-order valence-corrected chi connectivity index (χ3v) is 3.12. The van der Waals surface area contributed by atoms with Gasteiger partial charge in [0.05, 0.1) is 12.2 Å². The van der Waals surface area contributed by atoms with Gasteiger partial charge >= 0.3 is 6.03 Å². The number of rotatable bonds is 1. The highest BCUT2D eigenvalue weighted by molar-refractivity contribution is 6.03. The van der Waals surface area contributed by atoms with Crippen molar-refractivity contribution < 1.29 is 9.53 Å². The van der Waals surface area contributed by atoms with Crippen molar-refractivity contribution >= 4 is 23.1 Å². The second-order valence-corrected chi connectivity index (χ2v) is 4.52. The van der Waals surface area contributed by atoms with Gasteiger partial charge in [-0.2, -0.15) is 0 Å². The zero-order valence-corrected chi connectivity index (χ0v) is 10.9. The lowest BCUT2D eigenvalue weighted by molar-refractivity contribution is 0.250. The lowest BCUT2D eigenvalue weighted by atomic mass is 10.2. The number of para-hydroxylation sites is 1. The summed E-state index contributed by atoms with van der Waals surface area (Å²) in [5.41, 5.74) is 7.85. The van der Waals surface area contributed by atoms with Gasteiger partial charge in [-0.25, -0.2) is 4.79 Å². The fourth-order valence-corrected chi connectivity index (χ4v) is 2.16. The molecule has 2 aromatic rings.